The van der Waals surface area contributed by atoms with E-state index in [-0.39, 0.29) is 0 Å². The van der Waals surface area contributed by atoms with Crippen LogP contribution in [0.25, 0.3) is 0 Å². The second kappa shape index (κ2) is 5.89. The summed E-state index contributed by atoms with van der Waals surface area (Å²) >= 11 is 6.96. The molecule has 0 aliphatic carbocycles. The number of hydrogen-bond acceptors (Lipinski definition) is 2. The molecule has 0 atom stereocenters. The Labute approximate surface area is 123 Å². The van der Waals surface area contributed by atoms with Crippen LogP contribution in [0, 0.1) is 6.92 Å². The molecule has 0 saturated heterocycles. The van der Waals surface area contributed by atoms with E-state index in [1.54, 1.807) is 0 Å². The minimum atomic E-state index is 0.528. The maximum absolute atomic E-state index is 5.78. The third-order valence-corrected chi connectivity index (χ3v) is 4.02. The molecule has 0 aliphatic heterocycles. The second-order valence-corrected chi connectivity index (χ2v) is 5.49. The van der Waals surface area contributed by atoms with Crippen LogP contribution < -0.4 is 4.74 Å². The van der Waals surface area contributed by atoms with Gasteiger partial charge in [-0.15, -0.1) is 0 Å². The highest BCUT2D eigenvalue weighted by molar-refractivity contribution is 9.10. The second-order valence-electron chi connectivity index (χ2n) is 4.08. The normalized spacial score (nSPS) is 10.7. The molecule has 1 aromatic heterocycles. The fraction of sp³-hybridized carbons (Fsp3) is 0.308. The highest BCUT2D eigenvalue weighted by Gasteiger charge is 2.05. The van der Waals surface area contributed by atoms with E-state index in [0.717, 1.165) is 26.9 Å². The Hall–Kier alpha value is -0.810. The third-order valence-electron chi connectivity index (χ3n) is 2.65. The van der Waals surface area contributed by atoms with Crippen LogP contribution in [0.15, 0.2) is 28.7 Å². The molecule has 0 radical (unpaired) electrons. The van der Waals surface area contributed by atoms with E-state index in [1.807, 2.05) is 42.9 Å². The number of aryl methyl sites for hydroxylation is 2. The zero-order chi connectivity index (χ0) is 13.1. The summed E-state index contributed by atoms with van der Waals surface area (Å²) in [5.74, 6) is 0.867. The van der Waals surface area contributed by atoms with Crippen molar-refractivity contribution < 1.29 is 4.74 Å². The molecule has 0 fully saturated rings. The molecule has 2 aromatic rings. The highest BCUT2D eigenvalue weighted by Crippen LogP contribution is 2.25. The first-order valence-electron chi connectivity index (χ1n) is 5.57. The van der Waals surface area contributed by atoms with E-state index in [1.165, 1.54) is 5.56 Å². The molecule has 2 rings (SSSR count). The monoisotopic (exact) mass is 372 g/mol. The van der Waals surface area contributed by atoms with Crippen molar-refractivity contribution in [1.29, 1.82) is 0 Å². The molecule has 0 saturated carbocycles. The van der Waals surface area contributed by atoms with Gasteiger partial charge in [0, 0.05) is 16.9 Å². The Bertz CT molecular complexity index is 552. The standard InChI is InChI=1S/C13H14Br2N2O/c1-9-5-11(17(2)16-9)8-18-12-3-4-13(15)10(6-12)7-14/h3-6H,7-8H2,1-2H3. The number of halogens is 2. The summed E-state index contributed by atoms with van der Waals surface area (Å²) < 4.78 is 8.71. The molecule has 0 bridgehead atoms. The highest BCUT2D eigenvalue weighted by atomic mass is 79.9. The molecule has 0 N–H and O–H groups in total. The summed E-state index contributed by atoms with van der Waals surface area (Å²) in [6.07, 6.45) is 0. The van der Waals surface area contributed by atoms with E-state index in [9.17, 15) is 0 Å². The lowest BCUT2D eigenvalue weighted by Crippen LogP contribution is -2.03. The Morgan fingerprint density at radius 3 is 2.72 bits per heavy atom. The van der Waals surface area contributed by atoms with Gasteiger partial charge in [0.25, 0.3) is 0 Å². The van der Waals surface area contributed by atoms with Crippen molar-refractivity contribution in [2.24, 2.45) is 7.05 Å². The number of nitrogens with zero attached hydrogens (tertiary/aromatic N) is 2. The average molecular weight is 374 g/mol. The minimum absolute atomic E-state index is 0.528. The van der Waals surface area contributed by atoms with Crippen LogP contribution in [0.2, 0.25) is 0 Å². The van der Waals surface area contributed by atoms with Crippen LogP contribution in [0.4, 0.5) is 0 Å². The molecule has 96 valence electrons. The number of aromatic nitrogens is 2. The van der Waals surface area contributed by atoms with Gasteiger partial charge in [0.05, 0.1) is 11.4 Å². The average Bonchev–Trinajstić information content (AvgIpc) is 2.67. The van der Waals surface area contributed by atoms with Crippen LogP contribution >= 0.6 is 31.9 Å². The fourth-order valence-electron chi connectivity index (χ4n) is 1.70. The van der Waals surface area contributed by atoms with Gasteiger partial charge in [-0.05, 0) is 36.8 Å². The number of benzene rings is 1. The van der Waals surface area contributed by atoms with Gasteiger partial charge in [-0.25, -0.2) is 0 Å². The van der Waals surface area contributed by atoms with Crippen LogP contribution in [0.5, 0.6) is 5.75 Å². The Balaban J connectivity index is 2.08. The number of alkyl halides is 1. The smallest absolute Gasteiger partial charge is 0.130 e. The summed E-state index contributed by atoms with van der Waals surface area (Å²) in [4.78, 5) is 0. The lowest BCUT2D eigenvalue weighted by atomic mass is 10.2. The summed E-state index contributed by atoms with van der Waals surface area (Å²) in [5, 5.41) is 5.09. The van der Waals surface area contributed by atoms with Crippen molar-refractivity contribution in [3.05, 3.63) is 45.7 Å². The van der Waals surface area contributed by atoms with Gasteiger partial charge in [-0.2, -0.15) is 5.10 Å². The lowest BCUT2D eigenvalue weighted by molar-refractivity contribution is 0.294. The van der Waals surface area contributed by atoms with Gasteiger partial charge >= 0.3 is 0 Å². The maximum Gasteiger partial charge on any atom is 0.130 e. The predicted octanol–water partition coefficient (Wildman–Crippen LogP) is 3.96. The molecule has 1 aromatic carbocycles. The molecule has 0 amide bonds. The number of ether oxygens (including phenoxy) is 1. The van der Waals surface area contributed by atoms with Crippen molar-refractivity contribution in [1.82, 2.24) is 9.78 Å². The lowest BCUT2D eigenvalue weighted by Gasteiger charge is -2.08. The van der Waals surface area contributed by atoms with Crippen LogP contribution in [-0.4, -0.2) is 9.78 Å². The predicted molar refractivity (Wildman–Crippen MR) is 79.1 cm³/mol. The summed E-state index contributed by atoms with van der Waals surface area (Å²) in [5.41, 5.74) is 3.25. The van der Waals surface area contributed by atoms with E-state index in [0.29, 0.717) is 6.61 Å². The quantitative estimate of drug-likeness (QED) is 0.758. The Morgan fingerprint density at radius 2 is 2.11 bits per heavy atom. The molecule has 1 heterocycles. The Morgan fingerprint density at radius 1 is 1.33 bits per heavy atom. The molecule has 5 heteroatoms. The zero-order valence-electron chi connectivity index (χ0n) is 10.3. The summed E-state index contributed by atoms with van der Waals surface area (Å²) in [6, 6.07) is 8.02. The van der Waals surface area contributed by atoms with Gasteiger partial charge < -0.3 is 4.74 Å². The number of rotatable bonds is 4. The summed E-state index contributed by atoms with van der Waals surface area (Å²) in [6.45, 7) is 2.51. The van der Waals surface area contributed by atoms with Crippen LogP contribution in [0.1, 0.15) is 17.0 Å². The molecule has 3 nitrogen and oxygen atoms in total. The first-order valence-corrected chi connectivity index (χ1v) is 7.48. The summed E-state index contributed by atoms with van der Waals surface area (Å²) in [7, 11) is 1.93. The molecule has 0 unspecified atom stereocenters. The molecular weight excluding hydrogens is 360 g/mol. The van der Waals surface area contributed by atoms with Gasteiger partial charge in [-0.3, -0.25) is 4.68 Å². The Kier molecular flexibility index (Phi) is 4.45. The van der Waals surface area contributed by atoms with Crippen LogP contribution in [0.3, 0.4) is 0 Å². The van der Waals surface area contributed by atoms with Crippen molar-refractivity contribution in [2.45, 2.75) is 18.9 Å². The maximum atomic E-state index is 5.78. The van der Waals surface area contributed by atoms with Crippen molar-refractivity contribution in [3.8, 4) is 5.75 Å². The molecule has 0 aliphatic rings. The van der Waals surface area contributed by atoms with E-state index < -0.39 is 0 Å². The SMILES string of the molecule is Cc1cc(COc2ccc(Br)c(CBr)c2)n(C)n1. The number of hydrogen-bond donors (Lipinski definition) is 0. The van der Waals surface area contributed by atoms with Gasteiger partial charge in [0.2, 0.25) is 0 Å². The molecule has 0 spiro atoms. The minimum Gasteiger partial charge on any atom is -0.487 e. The van der Waals surface area contributed by atoms with Crippen LogP contribution in [-0.2, 0) is 19.0 Å². The van der Waals surface area contributed by atoms with Crippen molar-refractivity contribution >= 4 is 31.9 Å². The van der Waals surface area contributed by atoms with Gasteiger partial charge in [0.15, 0.2) is 0 Å². The first-order chi connectivity index (χ1) is 8.60. The molecule has 18 heavy (non-hydrogen) atoms. The molecular formula is C13H14Br2N2O. The third kappa shape index (κ3) is 3.14. The largest absolute Gasteiger partial charge is 0.487 e. The van der Waals surface area contributed by atoms with Gasteiger partial charge in [-0.1, -0.05) is 31.9 Å². The fourth-order valence-corrected chi connectivity index (χ4v) is 2.93. The van der Waals surface area contributed by atoms with E-state index in [4.69, 9.17) is 4.74 Å². The first kappa shape index (κ1) is 13.6. The van der Waals surface area contributed by atoms with E-state index in [2.05, 4.69) is 37.0 Å². The topological polar surface area (TPSA) is 27.1 Å². The van der Waals surface area contributed by atoms with Gasteiger partial charge in [0.1, 0.15) is 12.4 Å². The van der Waals surface area contributed by atoms with E-state index >= 15 is 0 Å². The van der Waals surface area contributed by atoms with Crippen molar-refractivity contribution in [3.63, 3.8) is 0 Å². The zero-order valence-corrected chi connectivity index (χ0v) is 13.5. The van der Waals surface area contributed by atoms with Crippen molar-refractivity contribution in [2.75, 3.05) is 0 Å².